The van der Waals surface area contributed by atoms with Gasteiger partial charge in [-0.2, -0.15) is 0 Å². The summed E-state index contributed by atoms with van der Waals surface area (Å²) in [5.74, 6) is 10.0. The minimum Gasteiger partial charge on any atom is -0.280 e. The molecule has 0 bridgehead atoms. The van der Waals surface area contributed by atoms with E-state index in [1.54, 1.807) is 0 Å². The van der Waals surface area contributed by atoms with Crippen LogP contribution >= 0.6 is 0 Å². The van der Waals surface area contributed by atoms with Crippen LogP contribution in [-0.2, 0) is 4.79 Å². The molecule has 0 spiro atoms. The SMILES string of the molecule is C=CCCCCCC=CCC#CC#CC(=O)C=C. The Bertz CT molecular complexity index is 404. The van der Waals surface area contributed by atoms with Gasteiger partial charge in [0.1, 0.15) is 0 Å². The van der Waals surface area contributed by atoms with Gasteiger partial charge in [0.15, 0.2) is 0 Å². The van der Waals surface area contributed by atoms with Crippen molar-refractivity contribution in [2.75, 3.05) is 0 Å². The topological polar surface area (TPSA) is 17.1 Å². The molecule has 0 unspecified atom stereocenters. The monoisotopic (exact) mass is 240 g/mol. The third-order valence-electron chi connectivity index (χ3n) is 2.19. The highest BCUT2D eigenvalue weighted by molar-refractivity contribution is 6.04. The first-order valence-corrected chi connectivity index (χ1v) is 6.22. The molecule has 0 aromatic carbocycles. The maximum Gasteiger partial charge on any atom is 0.229 e. The van der Waals surface area contributed by atoms with Crippen LogP contribution in [0.4, 0.5) is 0 Å². The van der Waals surface area contributed by atoms with Gasteiger partial charge in [0.25, 0.3) is 0 Å². The molecule has 94 valence electrons. The maximum absolute atomic E-state index is 10.7. The number of carbonyl (C=O) groups is 1. The zero-order valence-electron chi connectivity index (χ0n) is 10.9. The number of unbranched alkanes of at least 4 members (excludes halogenated alkanes) is 4. The quantitative estimate of drug-likeness (QED) is 0.207. The number of carbonyl (C=O) groups excluding carboxylic acids is 1. The summed E-state index contributed by atoms with van der Waals surface area (Å²) >= 11 is 0. The van der Waals surface area contributed by atoms with Crippen molar-refractivity contribution in [3.63, 3.8) is 0 Å². The van der Waals surface area contributed by atoms with E-state index in [1.807, 2.05) is 12.2 Å². The first-order chi connectivity index (χ1) is 8.81. The van der Waals surface area contributed by atoms with E-state index in [4.69, 9.17) is 0 Å². The molecule has 0 aromatic heterocycles. The smallest absolute Gasteiger partial charge is 0.229 e. The highest BCUT2D eigenvalue weighted by atomic mass is 16.1. The molecule has 1 heteroatoms. The Morgan fingerprint density at radius 2 is 1.78 bits per heavy atom. The Balaban J connectivity index is 3.55. The third-order valence-corrected chi connectivity index (χ3v) is 2.19. The van der Waals surface area contributed by atoms with E-state index in [9.17, 15) is 4.79 Å². The Labute approximate surface area is 111 Å². The Morgan fingerprint density at radius 1 is 1.00 bits per heavy atom. The van der Waals surface area contributed by atoms with Crippen LogP contribution in [0.15, 0.2) is 37.5 Å². The summed E-state index contributed by atoms with van der Waals surface area (Å²) in [6, 6.07) is 0. The fourth-order valence-electron chi connectivity index (χ4n) is 1.23. The molecule has 0 aromatic rings. The molecule has 0 N–H and O–H groups in total. The van der Waals surface area contributed by atoms with Gasteiger partial charge in [-0.1, -0.05) is 37.1 Å². The molecule has 0 aliphatic carbocycles. The van der Waals surface area contributed by atoms with Gasteiger partial charge in [-0.15, -0.1) is 6.58 Å². The van der Waals surface area contributed by atoms with E-state index >= 15 is 0 Å². The van der Waals surface area contributed by atoms with Gasteiger partial charge in [0.2, 0.25) is 5.78 Å². The first-order valence-electron chi connectivity index (χ1n) is 6.22. The molecule has 0 fully saturated rings. The lowest BCUT2D eigenvalue weighted by molar-refractivity contribution is -0.109. The number of hydrogen-bond acceptors (Lipinski definition) is 1. The van der Waals surface area contributed by atoms with Gasteiger partial charge in [-0.05, 0) is 49.5 Å². The van der Waals surface area contributed by atoms with Crippen LogP contribution in [-0.4, -0.2) is 5.78 Å². The normalized spacial score (nSPS) is 8.89. The van der Waals surface area contributed by atoms with Gasteiger partial charge in [-0.25, -0.2) is 0 Å². The lowest BCUT2D eigenvalue weighted by atomic mass is 10.1. The third kappa shape index (κ3) is 12.1. The first kappa shape index (κ1) is 16.0. The lowest BCUT2D eigenvalue weighted by Gasteiger charge is -1.93. The van der Waals surface area contributed by atoms with E-state index in [0.717, 1.165) is 12.8 Å². The van der Waals surface area contributed by atoms with Crippen molar-refractivity contribution in [1.82, 2.24) is 0 Å². The van der Waals surface area contributed by atoms with E-state index in [1.165, 1.54) is 25.3 Å². The average Bonchev–Trinajstić information content (AvgIpc) is 2.39. The summed E-state index contributed by atoms with van der Waals surface area (Å²) in [5, 5.41) is 0. The highest BCUT2D eigenvalue weighted by Crippen LogP contribution is 2.03. The van der Waals surface area contributed by atoms with Crippen molar-refractivity contribution < 1.29 is 4.79 Å². The van der Waals surface area contributed by atoms with Crippen molar-refractivity contribution in [3.05, 3.63) is 37.5 Å². The van der Waals surface area contributed by atoms with Crippen molar-refractivity contribution in [3.8, 4) is 23.7 Å². The van der Waals surface area contributed by atoms with E-state index in [2.05, 4.69) is 42.9 Å². The van der Waals surface area contributed by atoms with Crippen molar-refractivity contribution >= 4 is 5.78 Å². The van der Waals surface area contributed by atoms with Crippen molar-refractivity contribution in [2.45, 2.75) is 38.5 Å². The summed E-state index contributed by atoms with van der Waals surface area (Å²) in [6.45, 7) is 7.01. The van der Waals surface area contributed by atoms with E-state index < -0.39 is 0 Å². The summed E-state index contributed by atoms with van der Waals surface area (Å²) in [5.41, 5.74) is 0. The summed E-state index contributed by atoms with van der Waals surface area (Å²) in [6.07, 6.45) is 13.9. The van der Waals surface area contributed by atoms with Gasteiger partial charge >= 0.3 is 0 Å². The minimum absolute atomic E-state index is 0.292. The molecule has 0 heterocycles. The average molecular weight is 240 g/mol. The number of rotatable bonds is 8. The molecule has 0 aliphatic rings. The minimum atomic E-state index is -0.292. The van der Waals surface area contributed by atoms with Crippen LogP contribution in [0.5, 0.6) is 0 Å². The predicted octanol–water partition coefficient (Wildman–Crippen LogP) is 3.83. The zero-order chi connectivity index (χ0) is 13.5. The van der Waals surface area contributed by atoms with Crippen LogP contribution in [0.25, 0.3) is 0 Å². The molecule has 0 amide bonds. The molecule has 0 atom stereocenters. The maximum atomic E-state index is 10.7. The zero-order valence-corrected chi connectivity index (χ0v) is 10.9. The fourth-order valence-corrected chi connectivity index (χ4v) is 1.23. The van der Waals surface area contributed by atoms with E-state index in [0.29, 0.717) is 6.42 Å². The molecule has 0 radical (unpaired) electrons. The predicted molar refractivity (Wildman–Crippen MR) is 77.8 cm³/mol. The Kier molecular flexibility index (Phi) is 11.6. The summed E-state index contributed by atoms with van der Waals surface area (Å²) < 4.78 is 0. The second kappa shape index (κ2) is 13.1. The molecule has 0 rings (SSSR count). The van der Waals surface area contributed by atoms with Crippen molar-refractivity contribution in [1.29, 1.82) is 0 Å². The molecule has 0 saturated carbocycles. The Hall–Kier alpha value is -1.99. The molecule has 18 heavy (non-hydrogen) atoms. The summed E-state index contributed by atoms with van der Waals surface area (Å²) in [7, 11) is 0. The summed E-state index contributed by atoms with van der Waals surface area (Å²) in [4.78, 5) is 10.7. The molecular formula is C17H20O. The number of allylic oxidation sites excluding steroid dienone is 4. The molecule has 1 nitrogen and oxygen atoms in total. The van der Waals surface area contributed by atoms with Gasteiger partial charge in [0.05, 0.1) is 0 Å². The van der Waals surface area contributed by atoms with Gasteiger partial charge in [-0.3, -0.25) is 4.79 Å². The second-order valence-corrected chi connectivity index (χ2v) is 3.72. The van der Waals surface area contributed by atoms with Crippen LogP contribution in [0.2, 0.25) is 0 Å². The van der Waals surface area contributed by atoms with E-state index in [-0.39, 0.29) is 5.78 Å². The van der Waals surface area contributed by atoms with Crippen molar-refractivity contribution in [2.24, 2.45) is 0 Å². The molecule has 0 saturated heterocycles. The second-order valence-electron chi connectivity index (χ2n) is 3.72. The van der Waals surface area contributed by atoms with Gasteiger partial charge < -0.3 is 0 Å². The van der Waals surface area contributed by atoms with Crippen LogP contribution < -0.4 is 0 Å². The number of hydrogen-bond donors (Lipinski definition) is 0. The van der Waals surface area contributed by atoms with Crippen LogP contribution in [0.3, 0.4) is 0 Å². The van der Waals surface area contributed by atoms with Crippen LogP contribution in [0.1, 0.15) is 38.5 Å². The van der Waals surface area contributed by atoms with Crippen LogP contribution in [0, 0.1) is 23.7 Å². The molecule has 0 aliphatic heterocycles. The Morgan fingerprint density at radius 3 is 2.50 bits per heavy atom. The highest BCUT2D eigenvalue weighted by Gasteiger charge is 1.84. The standard InChI is InChI=1S/C17H20O/c1-3-5-6-7-8-9-10-11-12-13-14-15-16-17(18)4-2/h3-4,10-11H,1-2,5-9,12H2. The van der Waals surface area contributed by atoms with Gasteiger partial charge in [0, 0.05) is 6.42 Å². The number of ketones is 1. The lowest BCUT2D eigenvalue weighted by Crippen LogP contribution is -1.81. The fraction of sp³-hybridized carbons (Fsp3) is 0.353. The largest absolute Gasteiger partial charge is 0.280 e. The molecular weight excluding hydrogens is 220 g/mol.